The molecule has 0 aliphatic carbocycles. The summed E-state index contributed by atoms with van der Waals surface area (Å²) in [4.78, 5) is 19.4. The van der Waals surface area contributed by atoms with Gasteiger partial charge in [-0.15, -0.1) is 0 Å². The van der Waals surface area contributed by atoms with E-state index in [4.69, 9.17) is 4.74 Å². The molecule has 0 atom stereocenters. The molecule has 0 fully saturated rings. The highest BCUT2D eigenvalue weighted by atomic mass is 16.5. The second-order valence-electron chi connectivity index (χ2n) is 4.11. The number of para-hydroxylation sites is 1. The van der Waals surface area contributed by atoms with Crippen molar-refractivity contribution in [1.29, 1.82) is 0 Å². The Morgan fingerprint density at radius 3 is 2.70 bits per heavy atom. The maximum Gasteiger partial charge on any atom is 0.341 e. The number of carboxylic acid groups (broad SMARTS) is 1. The number of carbonyl (C=O) groups is 1. The van der Waals surface area contributed by atoms with E-state index in [9.17, 15) is 9.90 Å². The van der Waals surface area contributed by atoms with Crippen molar-refractivity contribution in [2.45, 2.75) is 0 Å². The summed E-state index contributed by atoms with van der Waals surface area (Å²) >= 11 is 0. The smallest absolute Gasteiger partial charge is 0.341 e. The summed E-state index contributed by atoms with van der Waals surface area (Å²) in [5.41, 5.74) is 0.698. The van der Waals surface area contributed by atoms with Crippen LogP contribution < -0.4 is 4.74 Å². The third kappa shape index (κ3) is 2.16. The molecule has 0 saturated carbocycles. The van der Waals surface area contributed by atoms with Gasteiger partial charge in [0.2, 0.25) is 0 Å². The normalized spacial score (nSPS) is 10.4. The average molecular weight is 266 g/mol. The molecule has 0 aliphatic heterocycles. The first-order valence-electron chi connectivity index (χ1n) is 5.94. The molecule has 98 valence electrons. The van der Waals surface area contributed by atoms with E-state index in [0.29, 0.717) is 16.7 Å². The van der Waals surface area contributed by atoms with Gasteiger partial charge in [-0.3, -0.25) is 9.97 Å². The Balaban J connectivity index is 2.20. The van der Waals surface area contributed by atoms with Crippen LogP contribution in [0.4, 0.5) is 0 Å². The highest BCUT2D eigenvalue weighted by Crippen LogP contribution is 2.32. The molecule has 0 aliphatic rings. The van der Waals surface area contributed by atoms with E-state index in [-0.39, 0.29) is 11.3 Å². The fraction of sp³-hybridized carbons (Fsp3) is 0. The summed E-state index contributed by atoms with van der Waals surface area (Å²) in [7, 11) is 0. The Bertz CT molecular complexity index is 772. The number of aromatic nitrogens is 2. The molecular formula is C15H10N2O3. The van der Waals surface area contributed by atoms with E-state index in [2.05, 4.69) is 9.97 Å². The molecule has 2 aromatic heterocycles. The molecule has 5 nitrogen and oxygen atoms in total. The van der Waals surface area contributed by atoms with E-state index in [0.717, 1.165) is 0 Å². The number of hydrogen-bond acceptors (Lipinski definition) is 4. The fourth-order valence-corrected chi connectivity index (χ4v) is 1.90. The van der Waals surface area contributed by atoms with Gasteiger partial charge in [0, 0.05) is 17.8 Å². The van der Waals surface area contributed by atoms with Gasteiger partial charge in [0.1, 0.15) is 11.3 Å². The van der Waals surface area contributed by atoms with Crippen molar-refractivity contribution < 1.29 is 14.6 Å². The van der Waals surface area contributed by atoms with Gasteiger partial charge in [-0.05, 0) is 24.3 Å². The lowest BCUT2D eigenvalue weighted by molar-refractivity contribution is 0.0694. The first-order chi connectivity index (χ1) is 9.75. The maximum atomic E-state index is 11.3. The fourth-order valence-electron chi connectivity index (χ4n) is 1.90. The standard InChI is InChI=1S/C15H10N2O3/c18-15(19)12-9-17-13-6-2-1-5-11(13)14(12)20-10-4-3-7-16-8-10/h1-9H,(H,18,19). The van der Waals surface area contributed by atoms with Crippen molar-refractivity contribution in [3.8, 4) is 11.5 Å². The van der Waals surface area contributed by atoms with Crippen LogP contribution in [0.15, 0.2) is 55.0 Å². The summed E-state index contributed by atoms with van der Waals surface area (Å²) < 4.78 is 5.70. The minimum absolute atomic E-state index is 0.0209. The molecule has 0 radical (unpaired) electrons. The molecule has 1 aromatic carbocycles. The average Bonchev–Trinajstić information content (AvgIpc) is 2.48. The van der Waals surface area contributed by atoms with Crippen molar-refractivity contribution >= 4 is 16.9 Å². The second kappa shape index (κ2) is 4.97. The molecule has 20 heavy (non-hydrogen) atoms. The van der Waals surface area contributed by atoms with Crippen molar-refractivity contribution in [3.63, 3.8) is 0 Å². The maximum absolute atomic E-state index is 11.3. The van der Waals surface area contributed by atoms with Crippen LogP contribution in [0.3, 0.4) is 0 Å². The van der Waals surface area contributed by atoms with Crippen LogP contribution >= 0.6 is 0 Å². The Kier molecular flexibility index (Phi) is 3.01. The molecule has 0 amide bonds. The predicted molar refractivity (Wildman–Crippen MR) is 73.0 cm³/mol. The summed E-state index contributed by atoms with van der Waals surface area (Å²) in [6.07, 6.45) is 4.45. The Morgan fingerprint density at radius 1 is 1.10 bits per heavy atom. The first-order valence-corrected chi connectivity index (χ1v) is 5.94. The number of fused-ring (bicyclic) bond motifs is 1. The van der Waals surface area contributed by atoms with Crippen LogP contribution in [0.25, 0.3) is 10.9 Å². The van der Waals surface area contributed by atoms with Crippen LogP contribution in [0, 0.1) is 0 Å². The van der Waals surface area contributed by atoms with Gasteiger partial charge in [-0.1, -0.05) is 12.1 Å². The number of aromatic carboxylic acids is 1. The number of nitrogens with zero attached hydrogens (tertiary/aromatic N) is 2. The lowest BCUT2D eigenvalue weighted by Crippen LogP contribution is -2.02. The molecular weight excluding hydrogens is 256 g/mol. The number of carboxylic acids is 1. The van der Waals surface area contributed by atoms with E-state index in [1.165, 1.54) is 12.4 Å². The third-order valence-electron chi connectivity index (χ3n) is 2.81. The highest BCUT2D eigenvalue weighted by molar-refractivity contribution is 5.98. The number of rotatable bonds is 3. The van der Waals surface area contributed by atoms with E-state index >= 15 is 0 Å². The molecule has 0 spiro atoms. The molecule has 3 rings (SSSR count). The van der Waals surface area contributed by atoms with E-state index in [1.807, 2.05) is 12.1 Å². The Labute approximate surface area is 114 Å². The number of benzene rings is 1. The molecule has 3 aromatic rings. The predicted octanol–water partition coefficient (Wildman–Crippen LogP) is 3.12. The monoisotopic (exact) mass is 266 g/mol. The minimum Gasteiger partial charge on any atom is -0.477 e. The topological polar surface area (TPSA) is 72.3 Å². The molecule has 0 bridgehead atoms. The largest absolute Gasteiger partial charge is 0.477 e. The number of ether oxygens (including phenoxy) is 1. The summed E-state index contributed by atoms with van der Waals surface area (Å²) in [5.74, 6) is -0.329. The first kappa shape index (κ1) is 12.1. The van der Waals surface area contributed by atoms with Gasteiger partial charge < -0.3 is 9.84 Å². The molecule has 0 unspecified atom stereocenters. The van der Waals surface area contributed by atoms with Crippen molar-refractivity contribution in [2.24, 2.45) is 0 Å². The lowest BCUT2D eigenvalue weighted by atomic mass is 10.1. The molecule has 0 saturated heterocycles. The van der Waals surface area contributed by atoms with Gasteiger partial charge in [0.05, 0.1) is 11.7 Å². The third-order valence-corrected chi connectivity index (χ3v) is 2.81. The Hall–Kier alpha value is -2.95. The van der Waals surface area contributed by atoms with Gasteiger partial charge in [-0.2, -0.15) is 0 Å². The van der Waals surface area contributed by atoms with Crippen LogP contribution in [0.2, 0.25) is 0 Å². The minimum atomic E-state index is -1.08. The van der Waals surface area contributed by atoms with E-state index in [1.54, 1.807) is 30.5 Å². The van der Waals surface area contributed by atoms with Gasteiger partial charge in [-0.25, -0.2) is 4.79 Å². The molecule has 1 N–H and O–H groups in total. The molecule has 5 heteroatoms. The van der Waals surface area contributed by atoms with Gasteiger partial charge in [0.15, 0.2) is 5.75 Å². The molecule has 2 heterocycles. The zero-order chi connectivity index (χ0) is 13.9. The zero-order valence-corrected chi connectivity index (χ0v) is 10.4. The van der Waals surface area contributed by atoms with Gasteiger partial charge >= 0.3 is 5.97 Å². The van der Waals surface area contributed by atoms with E-state index < -0.39 is 5.97 Å². The van der Waals surface area contributed by atoms with Crippen LogP contribution in [0.5, 0.6) is 11.5 Å². The number of pyridine rings is 2. The van der Waals surface area contributed by atoms with Gasteiger partial charge in [0.25, 0.3) is 0 Å². The summed E-state index contributed by atoms with van der Waals surface area (Å²) in [6.45, 7) is 0. The zero-order valence-electron chi connectivity index (χ0n) is 10.4. The van der Waals surface area contributed by atoms with Crippen molar-refractivity contribution in [1.82, 2.24) is 9.97 Å². The SMILES string of the molecule is O=C(O)c1cnc2ccccc2c1Oc1cccnc1. The van der Waals surface area contributed by atoms with Crippen LogP contribution in [-0.2, 0) is 0 Å². The lowest BCUT2D eigenvalue weighted by Gasteiger charge is -2.11. The van der Waals surface area contributed by atoms with Crippen LogP contribution in [0.1, 0.15) is 10.4 Å². The Morgan fingerprint density at radius 2 is 1.95 bits per heavy atom. The highest BCUT2D eigenvalue weighted by Gasteiger charge is 2.16. The number of hydrogen-bond donors (Lipinski definition) is 1. The van der Waals surface area contributed by atoms with Crippen molar-refractivity contribution in [2.75, 3.05) is 0 Å². The summed E-state index contributed by atoms with van der Waals surface area (Å²) in [5, 5.41) is 9.92. The second-order valence-corrected chi connectivity index (χ2v) is 4.11. The van der Waals surface area contributed by atoms with Crippen molar-refractivity contribution in [3.05, 3.63) is 60.6 Å². The van der Waals surface area contributed by atoms with Crippen LogP contribution in [-0.4, -0.2) is 21.0 Å². The summed E-state index contributed by atoms with van der Waals surface area (Å²) in [6, 6.07) is 10.7. The quantitative estimate of drug-likeness (QED) is 0.788.